The minimum atomic E-state index is -0.144. The quantitative estimate of drug-likeness (QED) is 0.323. The maximum absolute atomic E-state index is 5.96. The fourth-order valence-corrected chi connectivity index (χ4v) is 6.20. The molecule has 2 aromatic heterocycles. The van der Waals surface area contributed by atoms with E-state index >= 15 is 0 Å². The van der Waals surface area contributed by atoms with Crippen molar-refractivity contribution >= 4 is 23.3 Å². The summed E-state index contributed by atoms with van der Waals surface area (Å²) in [6, 6.07) is 21.5. The first-order valence-electron chi connectivity index (χ1n) is 11.7. The summed E-state index contributed by atoms with van der Waals surface area (Å²) in [6.45, 7) is 9.22. The number of rotatable bonds is 4. The molecule has 0 radical (unpaired) electrons. The van der Waals surface area contributed by atoms with Gasteiger partial charge in [0.25, 0.3) is 0 Å². The van der Waals surface area contributed by atoms with Crippen molar-refractivity contribution < 1.29 is 8.83 Å². The molecule has 2 aromatic carbocycles. The molecule has 0 saturated heterocycles. The molecule has 0 bridgehead atoms. The van der Waals surface area contributed by atoms with Crippen LogP contribution in [0.25, 0.3) is 23.3 Å². The molecule has 0 fully saturated rings. The van der Waals surface area contributed by atoms with Crippen molar-refractivity contribution in [2.45, 2.75) is 39.5 Å². The third-order valence-electron chi connectivity index (χ3n) is 7.66. The summed E-state index contributed by atoms with van der Waals surface area (Å²) >= 11 is 0. The van der Waals surface area contributed by atoms with E-state index in [1.165, 1.54) is 44.5 Å². The van der Waals surface area contributed by atoms with Crippen molar-refractivity contribution in [1.82, 2.24) is 0 Å². The Bertz CT molecular complexity index is 1290. The van der Waals surface area contributed by atoms with Crippen LogP contribution < -0.4 is 0 Å². The van der Waals surface area contributed by atoms with Crippen LogP contribution in [-0.2, 0) is 0 Å². The van der Waals surface area contributed by atoms with E-state index in [2.05, 4.69) is 88.4 Å². The highest BCUT2D eigenvalue weighted by molar-refractivity contribution is 5.95. The van der Waals surface area contributed by atoms with Gasteiger partial charge in [0.15, 0.2) is 0 Å². The van der Waals surface area contributed by atoms with Crippen LogP contribution in [-0.4, -0.2) is 0 Å². The molecule has 4 aromatic rings. The van der Waals surface area contributed by atoms with E-state index in [4.69, 9.17) is 8.83 Å². The predicted molar refractivity (Wildman–Crippen MR) is 135 cm³/mol. The van der Waals surface area contributed by atoms with E-state index in [0.717, 1.165) is 11.5 Å². The van der Waals surface area contributed by atoms with E-state index in [0.29, 0.717) is 0 Å². The zero-order valence-corrected chi connectivity index (χ0v) is 19.6. The maximum atomic E-state index is 5.96. The van der Waals surface area contributed by atoms with Crippen LogP contribution in [0, 0.1) is 19.3 Å². The van der Waals surface area contributed by atoms with Gasteiger partial charge in [0.2, 0.25) is 0 Å². The molecule has 164 valence electrons. The normalized spacial score (nSPS) is 19.3. The molecular weight excluding hydrogens is 404 g/mol. The Morgan fingerprint density at radius 3 is 1.45 bits per heavy atom. The van der Waals surface area contributed by atoms with E-state index in [1.54, 1.807) is 12.5 Å². The fraction of sp³-hybridized carbons (Fsp3) is 0.226. The Hall–Kier alpha value is -3.52. The summed E-state index contributed by atoms with van der Waals surface area (Å²) in [6.07, 6.45) is 8.24. The zero-order valence-electron chi connectivity index (χ0n) is 19.6. The molecule has 0 N–H and O–H groups in total. The van der Waals surface area contributed by atoms with E-state index in [1.807, 2.05) is 12.1 Å². The monoisotopic (exact) mass is 432 g/mol. The van der Waals surface area contributed by atoms with Gasteiger partial charge in [-0.25, -0.2) is 0 Å². The van der Waals surface area contributed by atoms with Crippen molar-refractivity contribution in [1.29, 1.82) is 0 Å². The highest BCUT2D eigenvalue weighted by atomic mass is 16.3. The predicted octanol–water partition coefficient (Wildman–Crippen LogP) is 8.49. The van der Waals surface area contributed by atoms with Crippen molar-refractivity contribution in [3.05, 3.63) is 118 Å². The van der Waals surface area contributed by atoms with Gasteiger partial charge in [-0.05, 0) is 89.1 Å². The number of hydrogen-bond acceptors (Lipinski definition) is 2. The summed E-state index contributed by atoms with van der Waals surface area (Å²) in [4.78, 5) is 0. The topological polar surface area (TPSA) is 26.3 Å². The minimum Gasteiger partial charge on any atom is -0.465 e. The Kier molecular flexibility index (Phi) is 4.42. The average Bonchev–Trinajstić information content (AvgIpc) is 3.59. The molecule has 2 unspecified atom stereocenters. The fourth-order valence-electron chi connectivity index (χ4n) is 6.20. The smallest absolute Gasteiger partial charge is 0.130 e. The van der Waals surface area contributed by atoms with E-state index in [-0.39, 0.29) is 17.3 Å². The molecule has 2 nitrogen and oxygen atoms in total. The molecule has 2 aliphatic carbocycles. The second kappa shape index (κ2) is 7.25. The third-order valence-corrected chi connectivity index (χ3v) is 7.66. The second-order valence-corrected chi connectivity index (χ2v) is 10.00. The van der Waals surface area contributed by atoms with Gasteiger partial charge in [-0.2, -0.15) is 0 Å². The van der Waals surface area contributed by atoms with Crippen molar-refractivity contribution in [2.24, 2.45) is 5.41 Å². The van der Waals surface area contributed by atoms with Gasteiger partial charge in [0, 0.05) is 23.0 Å². The molecule has 0 amide bonds. The first-order valence-corrected chi connectivity index (χ1v) is 11.7. The first-order chi connectivity index (χ1) is 16.0. The molecule has 0 saturated carbocycles. The number of furan rings is 2. The Morgan fingerprint density at radius 2 is 1.06 bits per heavy atom. The number of allylic oxidation sites excluding steroid dienone is 2. The van der Waals surface area contributed by atoms with Crippen molar-refractivity contribution in [3.63, 3.8) is 0 Å². The molecule has 2 heteroatoms. The summed E-state index contributed by atoms with van der Waals surface area (Å²) in [5.74, 6) is 2.28. The van der Waals surface area contributed by atoms with E-state index < -0.39 is 0 Å². The molecule has 6 rings (SSSR count). The second-order valence-electron chi connectivity index (χ2n) is 10.00. The van der Waals surface area contributed by atoms with E-state index in [9.17, 15) is 0 Å². The standard InChI is InChI=1S/C31H28O2/c1-19-9-5-11-21-23(19)17-25(27-13-7-15-32-27)29(21)31(3,4)30-22-12-6-10-20(2)24(22)18-26(30)28-14-8-16-33-28/h5-18,29-30H,1-4H3. The molecule has 33 heavy (non-hydrogen) atoms. The lowest BCUT2D eigenvalue weighted by atomic mass is 9.61. The summed E-state index contributed by atoms with van der Waals surface area (Å²) < 4.78 is 11.9. The average molecular weight is 433 g/mol. The van der Waals surface area contributed by atoms with Crippen LogP contribution in [0.15, 0.2) is 82.0 Å². The largest absolute Gasteiger partial charge is 0.465 e. The van der Waals surface area contributed by atoms with Crippen LogP contribution in [0.5, 0.6) is 0 Å². The molecular formula is C31H28O2. The maximum Gasteiger partial charge on any atom is 0.130 e. The van der Waals surface area contributed by atoms with Crippen LogP contribution >= 0.6 is 0 Å². The summed E-state index contributed by atoms with van der Waals surface area (Å²) in [7, 11) is 0. The number of aryl methyl sites for hydroxylation is 2. The van der Waals surface area contributed by atoms with Gasteiger partial charge < -0.3 is 8.83 Å². The number of hydrogen-bond donors (Lipinski definition) is 0. The molecule has 0 spiro atoms. The minimum absolute atomic E-state index is 0.144. The Labute approximate surface area is 195 Å². The van der Waals surface area contributed by atoms with Gasteiger partial charge in [-0.15, -0.1) is 0 Å². The molecule has 2 atom stereocenters. The number of fused-ring (bicyclic) bond motifs is 2. The highest BCUT2D eigenvalue weighted by Crippen LogP contribution is 2.62. The van der Waals surface area contributed by atoms with Crippen LogP contribution in [0.2, 0.25) is 0 Å². The van der Waals surface area contributed by atoms with Gasteiger partial charge in [-0.1, -0.05) is 50.2 Å². The number of benzene rings is 2. The lowest BCUT2D eigenvalue weighted by Crippen LogP contribution is -2.30. The lowest BCUT2D eigenvalue weighted by molar-refractivity contribution is 0.299. The van der Waals surface area contributed by atoms with Crippen LogP contribution in [0.1, 0.15) is 70.6 Å². The van der Waals surface area contributed by atoms with Gasteiger partial charge in [-0.3, -0.25) is 0 Å². The zero-order chi connectivity index (χ0) is 22.7. The lowest BCUT2D eigenvalue weighted by Gasteiger charge is -2.41. The Balaban J connectivity index is 1.57. The van der Waals surface area contributed by atoms with Crippen molar-refractivity contribution in [3.8, 4) is 0 Å². The Morgan fingerprint density at radius 1 is 0.606 bits per heavy atom. The highest BCUT2D eigenvalue weighted by Gasteiger charge is 2.48. The summed E-state index contributed by atoms with van der Waals surface area (Å²) in [5.41, 5.74) is 10.4. The van der Waals surface area contributed by atoms with Gasteiger partial charge in [0.1, 0.15) is 11.5 Å². The van der Waals surface area contributed by atoms with Crippen molar-refractivity contribution in [2.75, 3.05) is 0 Å². The summed E-state index contributed by atoms with van der Waals surface area (Å²) in [5, 5.41) is 0. The molecule has 0 aliphatic heterocycles. The first kappa shape index (κ1) is 20.1. The van der Waals surface area contributed by atoms with Crippen LogP contribution in [0.4, 0.5) is 0 Å². The van der Waals surface area contributed by atoms with Crippen LogP contribution in [0.3, 0.4) is 0 Å². The van der Waals surface area contributed by atoms with Gasteiger partial charge >= 0.3 is 0 Å². The van der Waals surface area contributed by atoms with Gasteiger partial charge in [0.05, 0.1) is 12.5 Å². The SMILES string of the molecule is Cc1cccc2c1C=C(c1ccco1)C2C(C)(C)C1C(c2ccco2)=Cc2c(C)cccc21. The molecule has 2 heterocycles. The third kappa shape index (κ3) is 2.94. The molecule has 2 aliphatic rings.